The lowest BCUT2D eigenvalue weighted by Crippen LogP contribution is -2.31. The molecule has 2 aromatic rings. The molecule has 0 unspecified atom stereocenters. The Morgan fingerprint density at radius 1 is 1.37 bits per heavy atom. The molecule has 1 aromatic carbocycles. The average Bonchev–Trinajstić information content (AvgIpc) is 3.04. The molecule has 0 radical (unpaired) electrons. The third kappa shape index (κ3) is 2.54. The van der Waals surface area contributed by atoms with Crippen molar-refractivity contribution in [1.29, 1.82) is 0 Å². The predicted octanol–water partition coefficient (Wildman–Crippen LogP) is 3.02. The number of fused-ring (bicyclic) bond motifs is 1. The Morgan fingerprint density at radius 2 is 2.16 bits per heavy atom. The number of aromatic nitrogens is 1. The minimum Gasteiger partial charge on any atom is -0.360 e. The molecular formula is C15H17FN2O. The van der Waals surface area contributed by atoms with Crippen molar-refractivity contribution in [1.82, 2.24) is 10.3 Å². The highest BCUT2D eigenvalue weighted by Gasteiger charge is 2.17. The van der Waals surface area contributed by atoms with Gasteiger partial charge >= 0.3 is 0 Å². The van der Waals surface area contributed by atoms with Crippen LogP contribution in [0, 0.1) is 5.82 Å². The van der Waals surface area contributed by atoms with E-state index in [0.29, 0.717) is 23.7 Å². The van der Waals surface area contributed by atoms with Crippen molar-refractivity contribution >= 4 is 16.7 Å². The molecule has 1 aromatic heterocycles. The largest absolute Gasteiger partial charge is 0.360 e. The van der Waals surface area contributed by atoms with Gasteiger partial charge in [-0.05, 0) is 31.0 Å². The number of hydrogen-bond acceptors (Lipinski definition) is 2. The van der Waals surface area contributed by atoms with Gasteiger partial charge in [0.05, 0.1) is 6.54 Å². The molecule has 3 nitrogen and oxygen atoms in total. The fraction of sp³-hybridized carbons (Fsp3) is 0.400. The molecule has 0 bridgehead atoms. The minimum absolute atomic E-state index is 0.0600. The van der Waals surface area contributed by atoms with Gasteiger partial charge in [0, 0.05) is 28.7 Å². The Balaban J connectivity index is 1.74. The average molecular weight is 260 g/mol. The summed E-state index contributed by atoms with van der Waals surface area (Å²) in [5, 5.41) is 4.10. The van der Waals surface area contributed by atoms with Crippen LogP contribution in [-0.4, -0.2) is 23.4 Å². The molecule has 4 heteroatoms. The number of benzene rings is 1. The summed E-state index contributed by atoms with van der Waals surface area (Å²) in [5.41, 5.74) is 1.31. The number of ketones is 1. The van der Waals surface area contributed by atoms with Crippen molar-refractivity contribution < 1.29 is 9.18 Å². The molecule has 2 N–H and O–H groups in total. The summed E-state index contributed by atoms with van der Waals surface area (Å²) in [7, 11) is 0. The van der Waals surface area contributed by atoms with Gasteiger partial charge in [-0.15, -0.1) is 0 Å². The lowest BCUT2D eigenvalue weighted by molar-refractivity contribution is 0.0989. The first kappa shape index (κ1) is 12.4. The number of H-pyrrole nitrogens is 1. The highest BCUT2D eigenvalue weighted by Crippen LogP contribution is 2.20. The molecule has 1 heterocycles. The molecule has 1 fully saturated rings. The molecule has 0 aliphatic heterocycles. The number of nitrogens with one attached hydrogen (secondary N) is 2. The van der Waals surface area contributed by atoms with Crippen LogP contribution in [0.1, 0.15) is 36.0 Å². The lowest BCUT2D eigenvalue weighted by atomic mass is 10.1. The number of halogens is 1. The normalized spacial score (nSPS) is 16.3. The van der Waals surface area contributed by atoms with Crippen LogP contribution in [0.2, 0.25) is 0 Å². The molecule has 1 saturated carbocycles. The number of hydrogen-bond donors (Lipinski definition) is 2. The zero-order valence-electron chi connectivity index (χ0n) is 10.7. The van der Waals surface area contributed by atoms with E-state index in [1.165, 1.54) is 25.0 Å². The van der Waals surface area contributed by atoms with E-state index in [2.05, 4.69) is 10.3 Å². The third-order valence-corrected chi connectivity index (χ3v) is 3.85. The van der Waals surface area contributed by atoms with Crippen LogP contribution in [0.4, 0.5) is 4.39 Å². The van der Waals surface area contributed by atoms with Crippen LogP contribution in [0.5, 0.6) is 0 Å². The van der Waals surface area contributed by atoms with Crippen molar-refractivity contribution in [3.63, 3.8) is 0 Å². The fourth-order valence-corrected chi connectivity index (χ4v) is 2.79. The molecule has 1 aliphatic rings. The lowest BCUT2D eigenvalue weighted by Gasteiger charge is -2.10. The smallest absolute Gasteiger partial charge is 0.178 e. The molecule has 19 heavy (non-hydrogen) atoms. The van der Waals surface area contributed by atoms with E-state index >= 15 is 0 Å². The minimum atomic E-state index is -0.294. The monoisotopic (exact) mass is 260 g/mol. The van der Waals surface area contributed by atoms with E-state index in [0.717, 1.165) is 18.2 Å². The standard InChI is InChI=1S/C15H17FN2O/c16-10-5-6-12-13(8-18-14(12)7-10)15(19)9-17-11-3-1-2-4-11/h5-8,11,17-18H,1-4,9H2. The zero-order chi connectivity index (χ0) is 13.2. The van der Waals surface area contributed by atoms with Crippen LogP contribution in [0.15, 0.2) is 24.4 Å². The molecule has 0 saturated heterocycles. The third-order valence-electron chi connectivity index (χ3n) is 3.85. The van der Waals surface area contributed by atoms with Crippen molar-refractivity contribution in [2.45, 2.75) is 31.7 Å². The Kier molecular flexibility index (Phi) is 3.34. The van der Waals surface area contributed by atoms with Crippen LogP contribution >= 0.6 is 0 Å². The Hall–Kier alpha value is -1.68. The Morgan fingerprint density at radius 3 is 2.95 bits per heavy atom. The van der Waals surface area contributed by atoms with Gasteiger partial charge < -0.3 is 10.3 Å². The molecular weight excluding hydrogens is 243 g/mol. The Labute approximate surface area is 111 Å². The van der Waals surface area contributed by atoms with Gasteiger partial charge in [-0.2, -0.15) is 0 Å². The van der Waals surface area contributed by atoms with Crippen LogP contribution < -0.4 is 5.32 Å². The first-order valence-corrected chi connectivity index (χ1v) is 6.77. The van der Waals surface area contributed by atoms with Crippen LogP contribution in [0.25, 0.3) is 10.9 Å². The summed E-state index contributed by atoms with van der Waals surface area (Å²) in [6.45, 7) is 0.356. The summed E-state index contributed by atoms with van der Waals surface area (Å²) >= 11 is 0. The zero-order valence-corrected chi connectivity index (χ0v) is 10.7. The molecule has 0 amide bonds. The van der Waals surface area contributed by atoms with Gasteiger partial charge in [0.25, 0.3) is 0 Å². The summed E-state index contributed by atoms with van der Waals surface area (Å²) in [5.74, 6) is -0.234. The van der Waals surface area contributed by atoms with Gasteiger partial charge in [0.1, 0.15) is 5.82 Å². The number of carbonyl (C=O) groups excluding carboxylic acids is 1. The van der Waals surface area contributed by atoms with E-state index < -0.39 is 0 Å². The first-order chi connectivity index (χ1) is 9.24. The first-order valence-electron chi connectivity index (χ1n) is 6.77. The molecule has 1 aliphatic carbocycles. The maximum Gasteiger partial charge on any atom is 0.178 e. The second-order valence-corrected chi connectivity index (χ2v) is 5.18. The number of Topliss-reactive ketones (excluding diaryl/α,β-unsaturated/α-hetero) is 1. The summed E-state index contributed by atoms with van der Waals surface area (Å²) < 4.78 is 13.1. The van der Waals surface area contributed by atoms with E-state index in [4.69, 9.17) is 0 Å². The van der Waals surface area contributed by atoms with Crippen molar-refractivity contribution in [3.8, 4) is 0 Å². The quantitative estimate of drug-likeness (QED) is 0.830. The SMILES string of the molecule is O=C(CNC1CCCC1)c1c[nH]c2cc(F)ccc12. The van der Waals surface area contributed by atoms with E-state index in [-0.39, 0.29) is 11.6 Å². The van der Waals surface area contributed by atoms with Gasteiger partial charge in [0.2, 0.25) is 0 Å². The molecule has 0 atom stereocenters. The molecule has 0 spiro atoms. The highest BCUT2D eigenvalue weighted by atomic mass is 19.1. The van der Waals surface area contributed by atoms with Crippen LogP contribution in [0.3, 0.4) is 0 Å². The van der Waals surface area contributed by atoms with Gasteiger partial charge in [-0.1, -0.05) is 12.8 Å². The van der Waals surface area contributed by atoms with Gasteiger partial charge in [-0.3, -0.25) is 4.79 Å². The van der Waals surface area contributed by atoms with E-state index in [1.54, 1.807) is 12.3 Å². The summed E-state index contributed by atoms with van der Waals surface area (Å²) in [4.78, 5) is 15.1. The maximum atomic E-state index is 13.1. The van der Waals surface area contributed by atoms with Crippen molar-refractivity contribution in [3.05, 3.63) is 35.8 Å². The van der Waals surface area contributed by atoms with Crippen LogP contribution in [-0.2, 0) is 0 Å². The number of carbonyl (C=O) groups is 1. The fourth-order valence-electron chi connectivity index (χ4n) is 2.79. The van der Waals surface area contributed by atoms with E-state index in [9.17, 15) is 9.18 Å². The maximum absolute atomic E-state index is 13.1. The summed E-state index contributed by atoms with van der Waals surface area (Å²) in [6.07, 6.45) is 6.48. The Bertz CT molecular complexity index is 599. The highest BCUT2D eigenvalue weighted by molar-refractivity contribution is 6.08. The second kappa shape index (κ2) is 5.13. The molecule has 3 rings (SSSR count). The number of rotatable bonds is 4. The van der Waals surface area contributed by atoms with Gasteiger partial charge in [0.15, 0.2) is 5.78 Å². The second-order valence-electron chi connectivity index (χ2n) is 5.18. The predicted molar refractivity (Wildman–Crippen MR) is 72.8 cm³/mol. The topological polar surface area (TPSA) is 44.9 Å². The van der Waals surface area contributed by atoms with Crippen molar-refractivity contribution in [2.75, 3.05) is 6.54 Å². The summed E-state index contributed by atoms with van der Waals surface area (Å²) in [6, 6.07) is 4.93. The molecule has 100 valence electrons. The van der Waals surface area contributed by atoms with E-state index in [1.807, 2.05) is 0 Å². The number of aromatic amines is 1. The van der Waals surface area contributed by atoms with Crippen molar-refractivity contribution in [2.24, 2.45) is 0 Å². The van der Waals surface area contributed by atoms with Gasteiger partial charge in [-0.25, -0.2) is 4.39 Å².